The number of cyclic esters (lactones) is 2. The molecular formula is C21H18O3. The number of ether oxygens (including phenoxy) is 1. The number of esters is 2. The Morgan fingerprint density at radius 2 is 1.12 bits per heavy atom. The van der Waals surface area contributed by atoms with Gasteiger partial charge in [-0.1, -0.05) is 60.7 Å². The summed E-state index contributed by atoms with van der Waals surface area (Å²) in [7, 11) is 0. The first-order valence-electron chi connectivity index (χ1n) is 8.61. The molecule has 3 heteroatoms. The molecule has 5 rings (SSSR count). The van der Waals surface area contributed by atoms with E-state index in [1.165, 1.54) is 11.1 Å². The molecule has 2 bridgehead atoms. The quantitative estimate of drug-likeness (QED) is 0.630. The van der Waals surface area contributed by atoms with E-state index in [9.17, 15) is 9.59 Å². The molecule has 1 aliphatic heterocycles. The Bertz CT molecular complexity index is 742. The molecular weight excluding hydrogens is 300 g/mol. The molecule has 0 spiro atoms. The summed E-state index contributed by atoms with van der Waals surface area (Å²) in [5.74, 6) is -0.914. The van der Waals surface area contributed by atoms with Gasteiger partial charge in [0.25, 0.3) is 0 Å². The van der Waals surface area contributed by atoms with Gasteiger partial charge in [0.2, 0.25) is 0 Å². The van der Waals surface area contributed by atoms with E-state index >= 15 is 0 Å². The van der Waals surface area contributed by atoms with Crippen LogP contribution >= 0.6 is 0 Å². The lowest BCUT2D eigenvalue weighted by atomic mass is 9.66. The van der Waals surface area contributed by atoms with Crippen LogP contribution in [0.2, 0.25) is 0 Å². The van der Waals surface area contributed by atoms with Gasteiger partial charge in [-0.2, -0.15) is 0 Å². The minimum absolute atomic E-state index is 0.135. The van der Waals surface area contributed by atoms with Gasteiger partial charge in [-0.25, -0.2) is 0 Å². The fraction of sp³-hybridized carbons (Fsp3) is 0.333. The maximum absolute atomic E-state index is 12.4. The van der Waals surface area contributed by atoms with Crippen molar-refractivity contribution >= 4 is 11.9 Å². The second-order valence-corrected chi connectivity index (χ2v) is 7.18. The predicted molar refractivity (Wildman–Crippen MR) is 88.0 cm³/mol. The summed E-state index contributed by atoms with van der Waals surface area (Å²) < 4.78 is 5.00. The van der Waals surface area contributed by atoms with Crippen LogP contribution in [0.3, 0.4) is 0 Å². The third kappa shape index (κ3) is 1.52. The Kier molecular flexibility index (Phi) is 2.79. The van der Waals surface area contributed by atoms with Crippen LogP contribution in [0.15, 0.2) is 60.7 Å². The van der Waals surface area contributed by atoms with E-state index in [2.05, 4.69) is 24.3 Å². The molecule has 0 unspecified atom stereocenters. The van der Waals surface area contributed by atoms with Crippen LogP contribution in [0.4, 0.5) is 0 Å². The molecule has 1 heterocycles. The Hall–Kier alpha value is -2.42. The standard InChI is InChI=1S/C21H18O3/c22-19-17-15-11-12-16(18(17)20(23)24-19)21(15,13-7-3-1-4-8-13)14-9-5-2-6-10-14/h1-10,15-18H,11-12H2/t15-,16-,17+,18+/m0/s1. The molecule has 120 valence electrons. The van der Waals surface area contributed by atoms with Gasteiger partial charge < -0.3 is 4.74 Å². The van der Waals surface area contributed by atoms with Gasteiger partial charge in [-0.05, 0) is 35.8 Å². The largest absolute Gasteiger partial charge is 0.393 e. The summed E-state index contributed by atoms with van der Waals surface area (Å²) in [5.41, 5.74) is 2.19. The van der Waals surface area contributed by atoms with Crippen molar-refractivity contribution < 1.29 is 14.3 Å². The van der Waals surface area contributed by atoms with Crippen molar-refractivity contribution in [3.8, 4) is 0 Å². The fourth-order valence-corrected chi connectivity index (χ4v) is 5.82. The molecule has 2 aliphatic carbocycles. The molecule has 4 atom stereocenters. The van der Waals surface area contributed by atoms with Gasteiger partial charge in [0.15, 0.2) is 0 Å². The second-order valence-electron chi connectivity index (χ2n) is 7.18. The van der Waals surface area contributed by atoms with Crippen LogP contribution in [-0.4, -0.2) is 11.9 Å². The van der Waals surface area contributed by atoms with Crippen LogP contribution in [0.1, 0.15) is 24.0 Å². The zero-order valence-electron chi connectivity index (χ0n) is 13.2. The van der Waals surface area contributed by atoms with Crippen LogP contribution in [0, 0.1) is 23.7 Å². The normalized spacial score (nSPS) is 32.7. The van der Waals surface area contributed by atoms with E-state index in [4.69, 9.17) is 4.74 Å². The zero-order chi connectivity index (χ0) is 16.3. The summed E-state index contributed by atoms with van der Waals surface area (Å²) >= 11 is 0. The average Bonchev–Trinajstić information content (AvgIpc) is 3.24. The highest BCUT2D eigenvalue weighted by Crippen LogP contribution is 2.68. The number of carbonyl (C=O) groups excluding carboxylic acids is 2. The van der Waals surface area contributed by atoms with E-state index in [1.807, 2.05) is 36.4 Å². The van der Waals surface area contributed by atoms with Crippen molar-refractivity contribution in [1.29, 1.82) is 0 Å². The number of rotatable bonds is 2. The maximum atomic E-state index is 12.4. The highest BCUT2D eigenvalue weighted by molar-refractivity contribution is 5.98. The predicted octanol–water partition coefficient (Wildman–Crippen LogP) is 3.33. The molecule has 0 aromatic heterocycles. The van der Waals surface area contributed by atoms with E-state index in [-0.39, 0.29) is 41.0 Å². The molecule has 2 saturated carbocycles. The third-order valence-corrected chi connectivity index (χ3v) is 6.46. The summed E-state index contributed by atoms with van der Waals surface area (Å²) in [5, 5.41) is 0. The van der Waals surface area contributed by atoms with Crippen LogP contribution in [0.5, 0.6) is 0 Å². The summed E-state index contributed by atoms with van der Waals surface area (Å²) in [4.78, 5) is 24.7. The number of hydrogen-bond donors (Lipinski definition) is 0. The first-order chi connectivity index (χ1) is 11.7. The van der Waals surface area contributed by atoms with Crippen molar-refractivity contribution in [2.45, 2.75) is 18.3 Å². The fourth-order valence-electron chi connectivity index (χ4n) is 5.82. The first kappa shape index (κ1) is 14.0. The molecule has 24 heavy (non-hydrogen) atoms. The summed E-state index contributed by atoms with van der Waals surface area (Å²) in [6.07, 6.45) is 1.94. The molecule has 0 N–H and O–H groups in total. The minimum atomic E-state index is -0.312. The van der Waals surface area contributed by atoms with Gasteiger partial charge in [0, 0.05) is 5.41 Å². The Morgan fingerprint density at radius 1 is 0.708 bits per heavy atom. The zero-order valence-corrected chi connectivity index (χ0v) is 13.2. The third-order valence-electron chi connectivity index (χ3n) is 6.46. The summed E-state index contributed by atoms with van der Waals surface area (Å²) in [6, 6.07) is 20.8. The van der Waals surface area contributed by atoms with Gasteiger partial charge in [0.1, 0.15) is 0 Å². The molecule has 1 saturated heterocycles. The monoisotopic (exact) mass is 318 g/mol. The van der Waals surface area contributed by atoms with Gasteiger partial charge >= 0.3 is 11.9 Å². The smallest absolute Gasteiger partial charge is 0.317 e. The molecule has 0 amide bonds. The molecule has 3 aliphatic rings. The van der Waals surface area contributed by atoms with E-state index in [0.717, 1.165) is 12.8 Å². The van der Waals surface area contributed by atoms with Crippen molar-refractivity contribution in [2.75, 3.05) is 0 Å². The number of fused-ring (bicyclic) bond motifs is 5. The Balaban J connectivity index is 1.78. The maximum Gasteiger partial charge on any atom is 0.317 e. The highest BCUT2D eigenvalue weighted by atomic mass is 16.6. The van der Waals surface area contributed by atoms with E-state index < -0.39 is 0 Å². The van der Waals surface area contributed by atoms with E-state index in [1.54, 1.807) is 0 Å². The second kappa shape index (κ2) is 4.79. The Morgan fingerprint density at radius 3 is 1.54 bits per heavy atom. The van der Waals surface area contributed by atoms with Crippen molar-refractivity contribution in [2.24, 2.45) is 23.7 Å². The van der Waals surface area contributed by atoms with Gasteiger partial charge in [-0.3, -0.25) is 9.59 Å². The molecule has 2 aromatic rings. The van der Waals surface area contributed by atoms with Crippen molar-refractivity contribution in [1.82, 2.24) is 0 Å². The van der Waals surface area contributed by atoms with Crippen LogP contribution < -0.4 is 0 Å². The summed E-state index contributed by atoms with van der Waals surface area (Å²) in [6.45, 7) is 0. The van der Waals surface area contributed by atoms with Gasteiger partial charge in [0.05, 0.1) is 11.8 Å². The van der Waals surface area contributed by atoms with Crippen LogP contribution in [0.25, 0.3) is 0 Å². The number of hydrogen-bond acceptors (Lipinski definition) is 3. The van der Waals surface area contributed by atoms with Gasteiger partial charge in [-0.15, -0.1) is 0 Å². The minimum Gasteiger partial charge on any atom is -0.393 e. The average molecular weight is 318 g/mol. The lowest BCUT2D eigenvalue weighted by Gasteiger charge is -2.37. The van der Waals surface area contributed by atoms with E-state index in [0.29, 0.717) is 0 Å². The van der Waals surface area contributed by atoms with Crippen LogP contribution in [-0.2, 0) is 19.7 Å². The SMILES string of the molecule is O=C1OC(=O)[C@H]2[C@H]1[C@@H]1CC[C@@H]2C1(c1ccccc1)c1ccccc1. The van der Waals surface area contributed by atoms with Crippen molar-refractivity contribution in [3.05, 3.63) is 71.8 Å². The van der Waals surface area contributed by atoms with Crippen molar-refractivity contribution in [3.63, 3.8) is 0 Å². The molecule has 3 fully saturated rings. The highest BCUT2D eigenvalue weighted by Gasteiger charge is 2.71. The number of benzene rings is 2. The molecule has 2 aromatic carbocycles. The first-order valence-corrected chi connectivity index (χ1v) is 8.61. The molecule has 0 radical (unpaired) electrons. The molecule has 3 nitrogen and oxygen atoms in total. The number of carbonyl (C=O) groups is 2. The topological polar surface area (TPSA) is 43.4 Å². The Labute approximate surface area is 140 Å². The lowest BCUT2D eigenvalue weighted by molar-refractivity contribution is -0.155. The lowest BCUT2D eigenvalue weighted by Crippen LogP contribution is -2.36.